The Morgan fingerprint density at radius 2 is 1.28 bits per heavy atom. The molecule has 0 radical (unpaired) electrons. The number of fused-ring (bicyclic) bond motifs is 1. The first-order valence-electron chi connectivity index (χ1n) is 20.6. The Bertz CT molecular complexity index is 1390. The fraction of sp³-hybridized carbons (Fsp3) is 0.778. The summed E-state index contributed by atoms with van der Waals surface area (Å²) in [5.41, 5.74) is -0.0517. The number of aliphatic hydroxyl groups is 1. The Morgan fingerprint density at radius 3 is 1.74 bits per heavy atom. The van der Waals surface area contributed by atoms with Crippen molar-refractivity contribution in [2.75, 3.05) is 0 Å². The fourth-order valence-electron chi connectivity index (χ4n) is 9.44. The van der Waals surface area contributed by atoms with Crippen molar-refractivity contribution in [1.82, 2.24) is 5.32 Å². The summed E-state index contributed by atoms with van der Waals surface area (Å²) in [6.45, 7) is 28.5. The first-order chi connectivity index (χ1) is 24.9. The number of esters is 3. The van der Waals surface area contributed by atoms with E-state index in [1.54, 1.807) is 0 Å². The summed E-state index contributed by atoms with van der Waals surface area (Å²) >= 11 is 0. The maximum Gasteiger partial charge on any atom is 0.309 e. The molecule has 3 fully saturated rings. The van der Waals surface area contributed by atoms with Crippen LogP contribution >= 0.6 is 0 Å². The molecular formula is C45H73NO8. The van der Waals surface area contributed by atoms with Crippen LogP contribution in [-0.4, -0.2) is 52.3 Å². The van der Waals surface area contributed by atoms with E-state index in [1.807, 2.05) is 71.9 Å². The van der Waals surface area contributed by atoms with Crippen molar-refractivity contribution in [3.8, 4) is 0 Å². The van der Waals surface area contributed by atoms with E-state index in [1.165, 1.54) is 0 Å². The number of amides is 1. The summed E-state index contributed by atoms with van der Waals surface area (Å²) in [7, 11) is 0. The smallest absolute Gasteiger partial charge is 0.309 e. The van der Waals surface area contributed by atoms with Crippen molar-refractivity contribution >= 4 is 23.8 Å². The van der Waals surface area contributed by atoms with Gasteiger partial charge in [-0.1, -0.05) is 85.7 Å². The summed E-state index contributed by atoms with van der Waals surface area (Å²) in [5.74, 6) is -0.548. The van der Waals surface area contributed by atoms with Gasteiger partial charge in [0.15, 0.2) is 0 Å². The lowest BCUT2D eigenvalue weighted by molar-refractivity contribution is -0.164. The number of benzene rings is 1. The molecule has 2 aliphatic carbocycles. The van der Waals surface area contributed by atoms with E-state index in [9.17, 15) is 24.3 Å². The molecule has 306 valence electrons. The molecule has 1 aliphatic heterocycles. The molecule has 0 spiro atoms. The van der Waals surface area contributed by atoms with Crippen molar-refractivity contribution in [2.24, 2.45) is 71.0 Å². The van der Waals surface area contributed by atoms with Crippen molar-refractivity contribution in [2.45, 2.75) is 153 Å². The number of nitrogens with one attached hydrogen (secondary N) is 1. The Hall–Kier alpha value is -2.94. The van der Waals surface area contributed by atoms with Crippen LogP contribution in [0.4, 0.5) is 0 Å². The molecule has 9 nitrogen and oxygen atoms in total. The van der Waals surface area contributed by atoms with Crippen LogP contribution in [-0.2, 0) is 39.9 Å². The second-order valence-corrected chi connectivity index (χ2v) is 19.8. The molecule has 0 aromatic heterocycles. The zero-order chi connectivity index (χ0) is 40.9. The first-order valence-corrected chi connectivity index (χ1v) is 20.6. The predicted molar refractivity (Wildman–Crippen MR) is 212 cm³/mol. The topological polar surface area (TPSA) is 128 Å². The Kier molecular flexibility index (Phi) is 15.8. The van der Waals surface area contributed by atoms with Crippen LogP contribution < -0.4 is 5.32 Å². The van der Waals surface area contributed by atoms with E-state index in [4.69, 9.17) is 14.2 Å². The molecule has 1 amide bonds. The molecule has 2 N–H and O–H groups in total. The summed E-state index contributed by atoms with van der Waals surface area (Å²) < 4.78 is 17.0. The third-order valence-electron chi connectivity index (χ3n) is 11.2. The van der Waals surface area contributed by atoms with Crippen molar-refractivity contribution in [3.63, 3.8) is 0 Å². The van der Waals surface area contributed by atoms with Crippen molar-refractivity contribution < 1.29 is 38.5 Å². The highest BCUT2D eigenvalue weighted by molar-refractivity contribution is 5.82. The van der Waals surface area contributed by atoms with Gasteiger partial charge in [-0.3, -0.25) is 19.2 Å². The minimum Gasteiger partial charge on any atom is -0.462 e. The van der Waals surface area contributed by atoms with E-state index in [0.29, 0.717) is 43.6 Å². The van der Waals surface area contributed by atoms with Crippen LogP contribution in [0, 0.1) is 71.0 Å². The molecule has 1 saturated heterocycles. The highest BCUT2D eigenvalue weighted by atomic mass is 16.6. The summed E-state index contributed by atoms with van der Waals surface area (Å²) in [6, 6.07) is 9.78. The number of hydrogen-bond acceptors (Lipinski definition) is 8. The van der Waals surface area contributed by atoms with Crippen LogP contribution in [0.2, 0.25) is 0 Å². The van der Waals surface area contributed by atoms with E-state index in [2.05, 4.69) is 60.7 Å². The SMILES string of the molecule is CC(C)C[C@@H](O)C1C(C(=O)NCc2ccccc2)CC(C(=O)OC(C)(C)C)[C@@H]1C(C)C.CC(C)C[C@H]1OC(=O)C2CC(C(=O)OC(C)(C)C)[C@H](C(C)C)C21. The van der Waals surface area contributed by atoms with Gasteiger partial charge in [0.2, 0.25) is 5.91 Å². The van der Waals surface area contributed by atoms with Gasteiger partial charge in [0.25, 0.3) is 0 Å². The van der Waals surface area contributed by atoms with Crippen LogP contribution in [0.15, 0.2) is 30.3 Å². The normalized spacial score (nSPS) is 28.8. The number of carbonyl (C=O) groups is 4. The molecule has 4 rings (SSSR count). The largest absolute Gasteiger partial charge is 0.462 e. The van der Waals surface area contributed by atoms with Crippen molar-refractivity contribution in [3.05, 3.63) is 35.9 Å². The van der Waals surface area contributed by atoms with Gasteiger partial charge in [0.1, 0.15) is 17.3 Å². The zero-order valence-electron chi connectivity index (χ0n) is 35.8. The standard InChI is InChI=1S/C26H41NO4.C19H32O4/c1-16(2)13-21(28)23-19(24(29)27-15-18-11-9-8-10-12-18)14-20(22(23)17(3)4)25(30)31-26(5,6)7;1-10(2)8-14-16-13(17(20)22-14)9-12(15(16)11(3)4)18(21)23-19(5,6)7/h8-12,16-17,19-23,28H,13-15H2,1-7H3,(H,27,29);10-16H,8-9H2,1-7H3/t19?,20?,21-,22+,23?;12?,13?,14-,15+,16?/m11/s1. The van der Waals surface area contributed by atoms with Gasteiger partial charge in [-0.25, -0.2) is 0 Å². The van der Waals surface area contributed by atoms with Crippen LogP contribution in [0.25, 0.3) is 0 Å². The molecule has 2 saturated carbocycles. The van der Waals surface area contributed by atoms with Gasteiger partial charge in [0, 0.05) is 24.3 Å². The fourth-order valence-corrected chi connectivity index (χ4v) is 9.44. The number of ether oxygens (including phenoxy) is 3. The summed E-state index contributed by atoms with van der Waals surface area (Å²) in [5, 5.41) is 14.2. The Morgan fingerprint density at radius 1 is 0.759 bits per heavy atom. The molecule has 9 heteroatoms. The molecule has 54 heavy (non-hydrogen) atoms. The van der Waals surface area contributed by atoms with Gasteiger partial charge >= 0.3 is 17.9 Å². The summed E-state index contributed by atoms with van der Waals surface area (Å²) in [4.78, 5) is 51.3. The average molecular weight is 756 g/mol. The quantitative estimate of drug-likeness (QED) is 0.161. The Balaban J connectivity index is 0.000000303. The lowest BCUT2D eigenvalue weighted by atomic mass is 9.74. The highest BCUT2D eigenvalue weighted by Gasteiger charge is 2.59. The molecule has 1 aromatic rings. The zero-order valence-corrected chi connectivity index (χ0v) is 35.8. The van der Waals surface area contributed by atoms with Gasteiger partial charge in [-0.05, 0) is 108 Å². The number of carbonyl (C=O) groups excluding carboxylic acids is 4. The summed E-state index contributed by atoms with van der Waals surface area (Å²) in [6.07, 6.45) is 1.79. The van der Waals surface area contributed by atoms with Gasteiger partial charge in [-0.2, -0.15) is 0 Å². The lowest BCUT2D eigenvalue weighted by Gasteiger charge is -2.34. The number of cyclic esters (lactones) is 1. The molecule has 1 aromatic carbocycles. The number of hydrogen-bond donors (Lipinski definition) is 2. The minimum atomic E-state index is -0.632. The number of rotatable bonds is 12. The second kappa shape index (κ2) is 18.8. The molecule has 3 aliphatic rings. The van der Waals surface area contributed by atoms with Crippen molar-refractivity contribution in [1.29, 1.82) is 0 Å². The Labute approximate surface area is 326 Å². The first kappa shape index (κ1) is 45.4. The lowest BCUT2D eigenvalue weighted by Crippen LogP contribution is -2.41. The average Bonchev–Trinajstić information content (AvgIpc) is 3.71. The van der Waals surface area contributed by atoms with Gasteiger partial charge in [0.05, 0.1) is 23.9 Å². The third kappa shape index (κ3) is 12.3. The van der Waals surface area contributed by atoms with E-state index < -0.39 is 29.1 Å². The van der Waals surface area contributed by atoms with Crippen LogP contribution in [0.3, 0.4) is 0 Å². The van der Waals surface area contributed by atoms with E-state index in [-0.39, 0.29) is 71.3 Å². The molecule has 10 atom stereocenters. The van der Waals surface area contributed by atoms with Gasteiger partial charge in [-0.15, -0.1) is 0 Å². The van der Waals surface area contributed by atoms with Gasteiger partial charge < -0.3 is 24.6 Å². The second-order valence-electron chi connectivity index (χ2n) is 19.8. The molecule has 0 bridgehead atoms. The monoisotopic (exact) mass is 756 g/mol. The number of aliphatic hydroxyl groups excluding tert-OH is 1. The highest BCUT2D eigenvalue weighted by Crippen LogP contribution is 2.53. The molecule has 6 unspecified atom stereocenters. The third-order valence-corrected chi connectivity index (χ3v) is 11.2. The maximum atomic E-state index is 13.3. The predicted octanol–water partition coefficient (Wildman–Crippen LogP) is 8.40. The van der Waals surface area contributed by atoms with Crippen LogP contribution in [0.5, 0.6) is 0 Å². The molecule has 1 heterocycles. The van der Waals surface area contributed by atoms with E-state index >= 15 is 0 Å². The molecular weight excluding hydrogens is 682 g/mol. The maximum absolute atomic E-state index is 13.3. The van der Waals surface area contributed by atoms with E-state index in [0.717, 1.165) is 12.0 Å². The van der Waals surface area contributed by atoms with Crippen LogP contribution in [0.1, 0.15) is 128 Å². The minimum absolute atomic E-state index is 0.0488.